The van der Waals surface area contributed by atoms with Crippen LogP contribution in [0.15, 0.2) is 0 Å². The normalized spacial score (nSPS) is 21.5. The smallest absolute Gasteiger partial charge is 0.274 e. The van der Waals surface area contributed by atoms with Crippen LogP contribution in [-0.4, -0.2) is 71.1 Å². The Balaban J connectivity index is 0.00000208. The zero-order chi connectivity index (χ0) is 16.4. The Kier molecular flexibility index (Phi) is 6.54. The first-order valence-corrected chi connectivity index (χ1v) is 8.18. The predicted octanol–water partition coefficient (Wildman–Crippen LogP) is 1.28. The van der Waals surface area contributed by atoms with Crippen molar-refractivity contribution in [2.24, 2.45) is 0 Å². The highest BCUT2D eigenvalue weighted by atomic mass is 35.5. The van der Waals surface area contributed by atoms with Crippen LogP contribution in [0.5, 0.6) is 0 Å². The summed E-state index contributed by atoms with van der Waals surface area (Å²) in [6.07, 6.45) is -0.748. The summed E-state index contributed by atoms with van der Waals surface area (Å²) in [5, 5.41) is 10.4. The third-order valence-electron chi connectivity index (χ3n) is 4.74. The van der Waals surface area contributed by atoms with Crippen LogP contribution in [0.2, 0.25) is 0 Å². The van der Waals surface area contributed by atoms with Crippen LogP contribution in [0, 0.1) is 0 Å². The van der Waals surface area contributed by atoms with Gasteiger partial charge in [-0.1, -0.05) is 6.92 Å². The van der Waals surface area contributed by atoms with E-state index in [0.717, 1.165) is 30.6 Å². The van der Waals surface area contributed by atoms with E-state index in [-0.39, 0.29) is 30.9 Å². The van der Waals surface area contributed by atoms with Crippen molar-refractivity contribution < 1.29 is 13.6 Å². The Morgan fingerprint density at radius 3 is 2.92 bits per heavy atom. The van der Waals surface area contributed by atoms with Crippen LogP contribution in [0.3, 0.4) is 0 Å². The number of carbonyl (C=O) groups excluding carboxylic acids is 1. The molecule has 0 aromatic carbocycles. The molecule has 24 heavy (non-hydrogen) atoms. The fraction of sp³-hybridized carbons (Fsp3) is 0.733. The summed E-state index contributed by atoms with van der Waals surface area (Å²) in [6, 6.07) is -0.0189. The van der Waals surface area contributed by atoms with Crippen LogP contribution >= 0.6 is 12.4 Å². The van der Waals surface area contributed by atoms with Gasteiger partial charge in [0.1, 0.15) is 0 Å². The Morgan fingerprint density at radius 1 is 1.42 bits per heavy atom. The van der Waals surface area contributed by atoms with Gasteiger partial charge in [-0.15, -0.1) is 12.4 Å². The second-order valence-electron chi connectivity index (χ2n) is 6.16. The maximum atomic E-state index is 12.8. The average molecular weight is 364 g/mol. The molecule has 1 atom stereocenters. The van der Waals surface area contributed by atoms with Gasteiger partial charge < -0.3 is 10.2 Å². The SMILES string of the molecule is CCC1CN(C(=O)c2n[nH]c3c2CNCC3)CCN1CC(F)F.Cl. The lowest BCUT2D eigenvalue weighted by Gasteiger charge is -2.40. The molecule has 2 N–H and O–H groups in total. The van der Waals surface area contributed by atoms with Crippen LogP contribution in [0.25, 0.3) is 0 Å². The maximum absolute atomic E-state index is 12.8. The molecule has 136 valence electrons. The highest BCUT2D eigenvalue weighted by Gasteiger charge is 2.32. The van der Waals surface area contributed by atoms with Gasteiger partial charge in [0, 0.05) is 56.4 Å². The number of halogens is 3. The number of piperazine rings is 1. The Morgan fingerprint density at radius 2 is 2.21 bits per heavy atom. The minimum absolute atomic E-state index is 0. The molecule has 3 rings (SSSR count). The molecule has 6 nitrogen and oxygen atoms in total. The third-order valence-corrected chi connectivity index (χ3v) is 4.74. The van der Waals surface area contributed by atoms with Crippen molar-refractivity contribution in [3.05, 3.63) is 17.0 Å². The molecule has 1 saturated heterocycles. The molecule has 0 aliphatic carbocycles. The van der Waals surface area contributed by atoms with E-state index in [1.165, 1.54) is 0 Å². The number of fused-ring (bicyclic) bond motifs is 1. The number of aromatic amines is 1. The van der Waals surface area contributed by atoms with Crippen LogP contribution in [0.1, 0.15) is 35.1 Å². The van der Waals surface area contributed by atoms with Gasteiger partial charge in [0.2, 0.25) is 0 Å². The van der Waals surface area contributed by atoms with Crippen molar-refractivity contribution >= 4 is 18.3 Å². The number of carbonyl (C=O) groups is 1. The highest BCUT2D eigenvalue weighted by Crippen LogP contribution is 2.20. The lowest BCUT2D eigenvalue weighted by Crippen LogP contribution is -2.55. The summed E-state index contributed by atoms with van der Waals surface area (Å²) in [5.74, 6) is -0.0960. The molecule has 0 bridgehead atoms. The van der Waals surface area contributed by atoms with Gasteiger partial charge in [-0.05, 0) is 6.42 Å². The highest BCUT2D eigenvalue weighted by molar-refractivity contribution is 5.94. The number of amides is 1. The number of rotatable bonds is 4. The van der Waals surface area contributed by atoms with E-state index in [1.807, 2.05) is 6.92 Å². The molecule has 1 amide bonds. The Hall–Kier alpha value is -1.25. The molecule has 0 spiro atoms. The summed E-state index contributed by atoms with van der Waals surface area (Å²) in [5.41, 5.74) is 2.45. The zero-order valence-corrected chi connectivity index (χ0v) is 14.5. The van der Waals surface area contributed by atoms with Crippen molar-refractivity contribution in [2.45, 2.75) is 38.8 Å². The molecule has 2 aliphatic rings. The van der Waals surface area contributed by atoms with Gasteiger partial charge >= 0.3 is 0 Å². The van der Waals surface area contributed by atoms with E-state index in [9.17, 15) is 13.6 Å². The molecule has 1 unspecified atom stereocenters. The van der Waals surface area contributed by atoms with E-state index in [0.29, 0.717) is 31.9 Å². The molecule has 9 heteroatoms. The van der Waals surface area contributed by atoms with E-state index in [4.69, 9.17) is 0 Å². The number of aromatic nitrogens is 2. The molecule has 0 radical (unpaired) electrons. The van der Waals surface area contributed by atoms with Crippen molar-refractivity contribution in [1.29, 1.82) is 0 Å². The predicted molar refractivity (Wildman–Crippen MR) is 88.8 cm³/mol. The summed E-state index contributed by atoms with van der Waals surface area (Å²) >= 11 is 0. The molecule has 2 aliphatic heterocycles. The summed E-state index contributed by atoms with van der Waals surface area (Å²) in [4.78, 5) is 16.3. The molecule has 1 aromatic rings. The standard InChI is InChI=1S/C15H23F2N5O.ClH/c1-2-10-8-22(6-5-21(10)9-13(16)17)15(23)14-11-7-18-4-3-12(11)19-20-14;/h10,13,18H,2-9H2,1H3,(H,19,20);1H. The van der Waals surface area contributed by atoms with E-state index in [1.54, 1.807) is 9.80 Å². The zero-order valence-electron chi connectivity index (χ0n) is 13.7. The minimum Gasteiger partial charge on any atom is -0.334 e. The number of hydrogen-bond donors (Lipinski definition) is 2. The topological polar surface area (TPSA) is 64.3 Å². The van der Waals surface area contributed by atoms with Gasteiger partial charge in [-0.3, -0.25) is 14.8 Å². The number of alkyl halides is 2. The van der Waals surface area contributed by atoms with Crippen molar-refractivity contribution in [3.63, 3.8) is 0 Å². The Bertz CT molecular complexity index is 568. The van der Waals surface area contributed by atoms with Crippen molar-refractivity contribution in [2.75, 3.05) is 32.7 Å². The lowest BCUT2D eigenvalue weighted by atomic mass is 10.0. The molecular weight excluding hydrogens is 340 g/mol. The fourth-order valence-corrected chi connectivity index (χ4v) is 3.43. The Labute approximate surface area is 146 Å². The molecule has 0 saturated carbocycles. The van der Waals surface area contributed by atoms with Crippen LogP contribution in [-0.2, 0) is 13.0 Å². The number of hydrogen-bond acceptors (Lipinski definition) is 4. The van der Waals surface area contributed by atoms with Gasteiger partial charge in [-0.2, -0.15) is 5.10 Å². The first-order chi connectivity index (χ1) is 11.1. The number of nitrogens with zero attached hydrogens (tertiary/aromatic N) is 3. The van der Waals surface area contributed by atoms with Crippen LogP contribution < -0.4 is 5.32 Å². The second kappa shape index (κ2) is 8.22. The monoisotopic (exact) mass is 363 g/mol. The molecule has 1 fully saturated rings. The first kappa shape index (κ1) is 19.1. The van der Waals surface area contributed by atoms with E-state index < -0.39 is 6.43 Å². The second-order valence-corrected chi connectivity index (χ2v) is 6.16. The molecule has 3 heterocycles. The average Bonchev–Trinajstić information content (AvgIpc) is 2.98. The summed E-state index contributed by atoms with van der Waals surface area (Å²) < 4.78 is 25.3. The third kappa shape index (κ3) is 3.87. The van der Waals surface area contributed by atoms with Crippen molar-refractivity contribution in [1.82, 2.24) is 25.3 Å². The number of H-pyrrole nitrogens is 1. The lowest BCUT2D eigenvalue weighted by molar-refractivity contribution is 0.0183. The fourth-order valence-electron chi connectivity index (χ4n) is 3.43. The van der Waals surface area contributed by atoms with Crippen LogP contribution in [0.4, 0.5) is 8.78 Å². The molecular formula is C15H24ClF2N5O. The van der Waals surface area contributed by atoms with Gasteiger partial charge in [-0.25, -0.2) is 8.78 Å². The minimum atomic E-state index is -2.34. The van der Waals surface area contributed by atoms with E-state index in [2.05, 4.69) is 15.5 Å². The largest absolute Gasteiger partial charge is 0.334 e. The van der Waals surface area contributed by atoms with Gasteiger partial charge in [0.05, 0.1) is 6.54 Å². The van der Waals surface area contributed by atoms with E-state index >= 15 is 0 Å². The molecule has 1 aromatic heterocycles. The van der Waals surface area contributed by atoms with Gasteiger partial charge in [0.25, 0.3) is 12.3 Å². The summed E-state index contributed by atoms with van der Waals surface area (Å²) in [7, 11) is 0. The number of nitrogens with one attached hydrogen (secondary N) is 2. The van der Waals surface area contributed by atoms with Gasteiger partial charge in [0.15, 0.2) is 5.69 Å². The maximum Gasteiger partial charge on any atom is 0.274 e. The summed E-state index contributed by atoms with van der Waals surface area (Å²) in [6.45, 7) is 4.72. The van der Waals surface area contributed by atoms with Crippen molar-refractivity contribution in [3.8, 4) is 0 Å². The first-order valence-electron chi connectivity index (χ1n) is 8.18. The quantitative estimate of drug-likeness (QED) is 0.846.